The van der Waals surface area contributed by atoms with E-state index in [2.05, 4.69) is 28.4 Å². The number of benzene rings is 2. The van der Waals surface area contributed by atoms with Crippen molar-refractivity contribution < 1.29 is 9.53 Å². The van der Waals surface area contributed by atoms with Crippen molar-refractivity contribution in [1.29, 1.82) is 0 Å². The van der Waals surface area contributed by atoms with Crippen LogP contribution in [0.15, 0.2) is 54.6 Å². The lowest BCUT2D eigenvalue weighted by Crippen LogP contribution is -2.37. The van der Waals surface area contributed by atoms with Gasteiger partial charge in [-0.05, 0) is 36.5 Å². The minimum Gasteiger partial charge on any atom is -0.378 e. The average Bonchev–Trinajstić information content (AvgIpc) is 3.49. The molecule has 4 nitrogen and oxygen atoms in total. The third-order valence-electron chi connectivity index (χ3n) is 5.05. The molecule has 2 aromatic carbocycles. The molecule has 0 radical (unpaired) electrons. The minimum absolute atomic E-state index is 0.0565. The second-order valence-electron chi connectivity index (χ2n) is 6.83. The number of anilines is 2. The van der Waals surface area contributed by atoms with E-state index < -0.39 is 0 Å². The first-order chi connectivity index (χ1) is 12.3. The van der Waals surface area contributed by atoms with Crippen LogP contribution in [0.2, 0.25) is 0 Å². The van der Waals surface area contributed by atoms with Gasteiger partial charge in [0.1, 0.15) is 0 Å². The number of carbonyl (C=O) groups is 1. The molecule has 130 valence electrons. The molecule has 2 aliphatic rings. The van der Waals surface area contributed by atoms with Crippen LogP contribution in [-0.4, -0.2) is 32.2 Å². The summed E-state index contributed by atoms with van der Waals surface area (Å²) in [6.07, 6.45) is 2.27. The maximum atomic E-state index is 13.1. The number of nitrogens with zero attached hydrogens (tertiary/aromatic N) is 1. The van der Waals surface area contributed by atoms with Crippen LogP contribution >= 0.6 is 0 Å². The van der Waals surface area contributed by atoms with Gasteiger partial charge in [0.05, 0.1) is 30.5 Å². The molecule has 2 fully saturated rings. The van der Waals surface area contributed by atoms with Crippen molar-refractivity contribution in [2.24, 2.45) is 5.92 Å². The van der Waals surface area contributed by atoms with Gasteiger partial charge in [-0.2, -0.15) is 0 Å². The van der Waals surface area contributed by atoms with Crippen molar-refractivity contribution in [3.8, 4) is 0 Å². The highest BCUT2D eigenvalue weighted by Crippen LogP contribution is 2.43. The predicted octanol–water partition coefficient (Wildman–Crippen LogP) is 3.66. The Morgan fingerprint density at radius 3 is 2.40 bits per heavy atom. The topological polar surface area (TPSA) is 41.6 Å². The molecule has 1 aliphatic carbocycles. The van der Waals surface area contributed by atoms with Crippen molar-refractivity contribution in [3.05, 3.63) is 60.2 Å². The van der Waals surface area contributed by atoms with Gasteiger partial charge in [0.25, 0.3) is 0 Å². The number of para-hydroxylation sites is 2. The Hall–Kier alpha value is -2.33. The first kappa shape index (κ1) is 16.2. The number of nitrogens with one attached hydrogen (secondary N) is 1. The smallest absolute Gasteiger partial charge is 0.232 e. The molecule has 0 bridgehead atoms. The Labute approximate surface area is 148 Å². The summed E-state index contributed by atoms with van der Waals surface area (Å²) in [5.41, 5.74) is 3.10. The first-order valence-electron chi connectivity index (χ1n) is 9.10. The first-order valence-corrected chi connectivity index (χ1v) is 9.10. The summed E-state index contributed by atoms with van der Waals surface area (Å²) in [7, 11) is 0. The van der Waals surface area contributed by atoms with Crippen molar-refractivity contribution in [1.82, 2.24) is 0 Å². The fourth-order valence-corrected chi connectivity index (χ4v) is 3.60. The number of ether oxygens (including phenoxy) is 1. The largest absolute Gasteiger partial charge is 0.378 e. The second kappa shape index (κ2) is 7.28. The van der Waals surface area contributed by atoms with E-state index >= 15 is 0 Å². The molecule has 1 amide bonds. The molecule has 2 aromatic rings. The lowest BCUT2D eigenvalue weighted by molar-refractivity contribution is -0.118. The molecule has 1 N–H and O–H groups in total. The maximum absolute atomic E-state index is 13.1. The summed E-state index contributed by atoms with van der Waals surface area (Å²) in [6.45, 7) is 3.18. The van der Waals surface area contributed by atoms with Crippen LogP contribution in [0, 0.1) is 5.92 Å². The number of amides is 1. The monoisotopic (exact) mass is 336 g/mol. The van der Waals surface area contributed by atoms with E-state index in [0.717, 1.165) is 56.1 Å². The van der Waals surface area contributed by atoms with Gasteiger partial charge < -0.3 is 15.0 Å². The lowest BCUT2D eigenvalue weighted by Gasteiger charge is -2.31. The van der Waals surface area contributed by atoms with E-state index in [9.17, 15) is 4.79 Å². The van der Waals surface area contributed by atoms with E-state index in [1.54, 1.807) is 0 Å². The molecule has 0 spiro atoms. The van der Waals surface area contributed by atoms with Crippen LogP contribution in [0.5, 0.6) is 0 Å². The quantitative estimate of drug-likeness (QED) is 0.906. The third kappa shape index (κ3) is 3.69. The molecule has 1 heterocycles. The number of carbonyl (C=O) groups excluding carboxylic acids is 1. The molecule has 4 heteroatoms. The minimum atomic E-state index is -0.0565. The Morgan fingerprint density at radius 2 is 1.68 bits per heavy atom. The third-order valence-corrected chi connectivity index (χ3v) is 5.05. The summed E-state index contributed by atoms with van der Waals surface area (Å²) >= 11 is 0. The molecule has 1 saturated carbocycles. The van der Waals surface area contributed by atoms with Crippen molar-refractivity contribution in [2.75, 3.05) is 36.5 Å². The van der Waals surface area contributed by atoms with Gasteiger partial charge in [-0.1, -0.05) is 42.5 Å². The van der Waals surface area contributed by atoms with E-state index in [-0.39, 0.29) is 11.8 Å². The molecule has 1 aliphatic heterocycles. The fraction of sp³-hybridized carbons (Fsp3) is 0.381. The molecule has 0 aromatic heterocycles. The van der Waals surface area contributed by atoms with Gasteiger partial charge in [0.2, 0.25) is 5.91 Å². The van der Waals surface area contributed by atoms with Gasteiger partial charge in [-0.25, -0.2) is 0 Å². The van der Waals surface area contributed by atoms with E-state index in [4.69, 9.17) is 4.74 Å². The maximum Gasteiger partial charge on any atom is 0.232 e. The number of rotatable bonds is 5. The van der Waals surface area contributed by atoms with Crippen molar-refractivity contribution >= 4 is 17.3 Å². The number of hydrogen-bond acceptors (Lipinski definition) is 3. The highest BCUT2D eigenvalue weighted by molar-refractivity contribution is 5.99. The van der Waals surface area contributed by atoms with Crippen LogP contribution in [0.4, 0.5) is 11.4 Å². The van der Waals surface area contributed by atoms with E-state index in [1.165, 1.54) is 0 Å². The average molecular weight is 336 g/mol. The van der Waals surface area contributed by atoms with Gasteiger partial charge in [-0.15, -0.1) is 0 Å². The summed E-state index contributed by atoms with van der Waals surface area (Å²) in [6, 6.07) is 18.2. The van der Waals surface area contributed by atoms with Crippen LogP contribution in [0.3, 0.4) is 0 Å². The van der Waals surface area contributed by atoms with E-state index in [0.29, 0.717) is 5.92 Å². The molecular weight excluding hydrogens is 312 g/mol. The van der Waals surface area contributed by atoms with Crippen LogP contribution in [0.1, 0.15) is 24.3 Å². The number of hydrogen-bond donors (Lipinski definition) is 1. The molecule has 1 unspecified atom stereocenters. The van der Waals surface area contributed by atoms with Gasteiger partial charge >= 0.3 is 0 Å². The fourth-order valence-electron chi connectivity index (χ4n) is 3.60. The van der Waals surface area contributed by atoms with Crippen molar-refractivity contribution in [3.63, 3.8) is 0 Å². The summed E-state index contributed by atoms with van der Waals surface area (Å²) in [4.78, 5) is 15.4. The predicted molar refractivity (Wildman–Crippen MR) is 100 cm³/mol. The zero-order valence-corrected chi connectivity index (χ0v) is 14.4. The summed E-state index contributed by atoms with van der Waals surface area (Å²) < 4.78 is 5.45. The molecule has 25 heavy (non-hydrogen) atoms. The van der Waals surface area contributed by atoms with Crippen LogP contribution < -0.4 is 10.2 Å². The molecule has 1 saturated heterocycles. The lowest BCUT2D eigenvalue weighted by atomic mass is 9.93. The van der Waals surface area contributed by atoms with Crippen molar-refractivity contribution in [2.45, 2.75) is 18.8 Å². The van der Waals surface area contributed by atoms with E-state index in [1.807, 2.05) is 36.4 Å². The van der Waals surface area contributed by atoms with Gasteiger partial charge in [0.15, 0.2) is 0 Å². The van der Waals surface area contributed by atoms with Gasteiger partial charge in [-0.3, -0.25) is 4.79 Å². The Kier molecular flexibility index (Phi) is 4.70. The standard InChI is InChI=1S/C21H24N2O2/c24-21(20(17-10-11-17)16-6-2-1-3-7-16)22-18-8-4-5-9-19(18)23-12-14-25-15-13-23/h1-9,17,20H,10-15H2,(H,22,24). The highest BCUT2D eigenvalue weighted by atomic mass is 16.5. The second-order valence-corrected chi connectivity index (χ2v) is 6.83. The molecule has 4 rings (SSSR count). The SMILES string of the molecule is O=C(Nc1ccccc1N1CCOCC1)C(c1ccccc1)C1CC1. The Balaban J connectivity index is 1.56. The van der Waals surface area contributed by atoms with Crippen LogP contribution in [-0.2, 0) is 9.53 Å². The Bertz CT molecular complexity index is 722. The zero-order chi connectivity index (χ0) is 17.1. The molecular formula is C21H24N2O2. The van der Waals surface area contributed by atoms with Crippen LogP contribution in [0.25, 0.3) is 0 Å². The normalized spacial score (nSPS) is 18.6. The summed E-state index contributed by atoms with van der Waals surface area (Å²) in [5, 5.41) is 3.21. The molecule has 1 atom stereocenters. The highest BCUT2D eigenvalue weighted by Gasteiger charge is 2.37. The number of morpholine rings is 1. The van der Waals surface area contributed by atoms with Gasteiger partial charge in [0, 0.05) is 13.1 Å². The summed E-state index contributed by atoms with van der Waals surface area (Å²) in [5.74, 6) is 0.520. The Morgan fingerprint density at radius 1 is 1.00 bits per heavy atom. The zero-order valence-electron chi connectivity index (χ0n) is 14.4.